The minimum atomic E-state index is 0.298. The number of nitrogens with one attached hydrogen (secondary N) is 1. The van der Waals surface area contributed by atoms with Crippen LogP contribution in [-0.2, 0) is 0 Å². The summed E-state index contributed by atoms with van der Waals surface area (Å²) in [5.41, 5.74) is 3.61. The van der Waals surface area contributed by atoms with E-state index in [1.54, 1.807) is 23.1 Å². The molecule has 7 nitrogen and oxygen atoms in total. The Morgan fingerprint density at radius 1 is 1.14 bits per heavy atom. The first-order valence-electron chi connectivity index (χ1n) is 6.22. The van der Waals surface area contributed by atoms with Gasteiger partial charge in [-0.15, -0.1) is 0 Å². The second kappa shape index (κ2) is 5.90. The van der Waals surface area contributed by atoms with E-state index in [-0.39, 0.29) is 0 Å². The van der Waals surface area contributed by atoms with Crippen molar-refractivity contribution in [3.05, 3.63) is 48.3 Å². The number of hydrazine groups is 1. The number of anilines is 1. The summed E-state index contributed by atoms with van der Waals surface area (Å²) >= 11 is 1.46. The van der Waals surface area contributed by atoms with Crippen molar-refractivity contribution in [2.24, 2.45) is 5.84 Å². The molecule has 0 aliphatic heterocycles. The van der Waals surface area contributed by atoms with Gasteiger partial charge in [0.25, 0.3) is 5.95 Å². The van der Waals surface area contributed by atoms with Gasteiger partial charge in [0.1, 0.15) is 0 Å². The molecular formula is C13H13N7S. The molecule has 0 aliphatic carbocycles. The molecule has 2 heterocycles. The first kappa shape index (κ1) is 13.5. The lowest BCUT2D eigenvalue weighted by molar-refractivity contribution is 0.760. The molecule has 0 saturated heterocycles. The van der Waals surface area contributed by atoms with Crippen molar-refractivity contribution in [3.63, 3.8) is 0 Å². The second-order valence-electron chi connectivity index (χ2n) is 4.20. The summed E-state index contributed by atoms with van der Waals surface area (Å²) < 4.78 is 1.56. The molecule has 0 aliphatic rings. The topological polar surface area (TPSA) is 94.5 Å². The molecule has 21 heavy (non-hydrogen) atoms. The van der Waals surface area contributed by atoms with E-state index in [1.165, 1.54) is 11.8 Å². The number of nitrogen functional groups attached to an aromatic ring is 1. The number of nitrogens with zero attached hydrogens (tertiary/aromatic N) is 5. The van der Waals surface area contributed by atoms with Gasteiger partial charge in [0.2, 0.25) is 5.95 Å². The number of aryl methyl sites for hydroxylation is 1. The Balaban J connectivity index is 1.99. The molecule has 0 amide bonds. The minimum Gasteiger partial charge on any atom is -0.292 e. The molecule has 0 atom stereocenters. The van der Waals surface area contributed by atoms with Crippen molar-refractivity contribution in [2.75, 3.05) is 5.43 Å². The van der Waals surface area contributed by atoms with E-state index in [4.69, 9.17) is 5.84 Å². The van der Waals surface area contributed by atoms with Crippen molar-refractivity contribution < 1.29 is 0 Å². The smallest absolute Gasteiger partial charge is 0.256 e. The second-order valence-corrected chi connectivity index (χ2v) is 5.21. The van der Waals surface area contributed by atoms with Gasteiger partial charge in [0, 0.05) is 17.3 Å². The quantitative estimate of drug-likeness (QED) is 0.560. The van der Waals surface area contributed by atoms with Crippen LogP contribution in [0.4, 0.5) is 5.95 Å². The molecule has 0 unspecified atom stereocenters. The normalized spacial score (nSPS) is 10.6. The van der Waals surface area contributed by atoms with Gasteiger partial charge in [-0.2, -0.15) is 20.1 Å². The van der Waals surface area contributed by atoms with E-state index < -0.39 is 0 Å². The number of nitrogens with two attached hydrogens (primary N) is 1. The van der Waals surface area contributed by atoms with Crippen molar-refractivity contribution in [1.82, 2.24) is 24.7 Å². The van der Waals surface area contributed by atoms with E-state index >= 15 is 0 Å². The largest absolute Gasteiger partial charge is 0.292 e. The van der Waals surface area contributed by atoms with Crippen LogP contribution in [0.1, 0.15) is 5.56 Å². The average Bonchev–Trinajstić information content (AvgIpc) is 3.04. The highest BCUT2D eigenvalue weighted by Gasteiger charge is 2.10. The van der Waals surface area contributed by atoms with Crippen molar-refractivity contribution in [3.8, 4) is 5.95 Å². The Hall–Kier alpha value is -2.45. The van der Waals surface area contributed by atoms with Gasteiger partial charge < -0.3 is 0 Å². The van der Waals surface area contributed by atoms with Gasteiger partial charge in [0.05, 0.1) is 0 Å². The van der Waals surface area contributed by atoms with E-state index in [1.807, 2.05) is 31.2 Å². The van der Waals surface area contributed by atoms with Crippen molar-refractivity contribution in [2.45, 2.75) is 17.0 Å². The molecular weight excluding hydrogens is 286 g/mol. The standard InChI is InChI=1S/C13H13N7S/c1-9-5-2-3-6-10(9)21-13-17-11(19-14)16-12(18-13)20-8-4-7-15-20/h2-8H,14H2,1H3,(H,16,17,18,19). The number of hydrogen-bond acceptors (Lipinski definition) is 7. The third kappa shape index (κ3) is 3.01. The average molecular weight is 299 g/mol. The fourth-order valence-corrected chi connectivity index (χ4v) is 2.55. The van der Waals surface area contributed by atoms with Gasteiger partial charge in [0.15, 0.2) is 5.16 Å². The maximum absolute atomic E-state index is 5.42. The summed E-state index contributed by atoms with van der Waals surface area (Å²) in [7, 11) is 0. The minimum absolute atomic E-state index is 0.298. The molecule has 3 rings (SSSR count). The maximum atomic E-state index is 5.42. The Kier molecular flexibility index (Phi) is 3.80. The Labute approximate surface area is 125 Å². The van der Waals surface area contributed by atoms with Crippen LogP contribution in [0, 0.1) is 6.92 Å². The third-order valence-corrected chi connectivity index (χ3v) is 3.78. The van der Waals surface area contributed by atoms with Gasteiger partial charge in [-0.25, -0.2) is 10.5 Å². The summed E-state index contributed by atoms with van der Waals surface area (Å²) in [6.45, 7) is 2.04. The Morgan fingerprint density at radius 2 is 2.00 bits per heavy atom. The lowest BCUT2D eigenvalue weighted by Gasteiger charge is -2.07. The molecule has 106 valence electrons. The molecule has 0 radical (unpaired) electrons. The number of rotatable bonds is 4. The van der Waals surface area contributed by atoms with Crippen LogP contribution in [0.3, 0.4) is 0 Å². The lowest BCUT2D eigenvalue weighted by atomic mass is 10.2. The summed E-state index contributed by atoms with van der Waals surface area (Å²) in [6, 6.07) is 9.84. The first-order chi connectivity index (χ1) is 10.3. The molecule has 1 aromatic carbocycles. The molecule has 8 heteroatoms. The van der Waals surface area contributed by atoms with E-state index in [0.29, 0.717) is 17.1 Å². The third-order valence-electron chi connectivity index (χ3n) is 2.74. The maximum Gasteiger partial charge on any atom is 0.256 e. The fraction of sp³-hybridized carbons (Fsp3) is 0.0769. The number of hydrogen-bond donors (Lipinski definition) is 2. The molecule has 3 aromatic rings. The zero-order valence-electron chi connectivity index (χ0n) is 11.3. The predicted octanol–water partition coefficient (Wildman–Crippen LogP) is 1.80. The highest BCUT2D eigenvalue weighted by Crippen LogP contribution is 2.28. The first-order valence-corrected chi connectivity index (χ1v) is 7.04. The van der Waals surface area contributed by atoms with Gasteiger partial charge >= 0.3 is 0 Å². The van der Waals surface area contributed by atoms with Crippen LogP contribution < -0.4 is 11.3 Å². The molecule has 0 saturated carbocycles. The summed E-state index contributed by atoms with van der Waals surface area (Å²) in [5, 5.41) is 4.67. The van der Waals surface area contributed by atoms with Crippen LogP contribution >= 0.6 is 11.8 Å². The number of aromatic nitrogens is 5. The van der Waals surface area contributed by atoms with Gasteiger partial charge in [-0.1, -0.05) is 18.2 Å². The lowest BCUT2D eigenvalue weighted by Crippen LogP contribution is -2.14. The van der Waals surface area contributed by atoms with E-state index in [2.05, 4.69) is 25.5 Å². The van der Waals surface area contributed by atoms with Gasteiger partial charge in [-0.05, 0) is 36.4 Å². The Morgan fingerprint density at radius 3 is 2.71 bits per heavy atom. The fourth-order valence-electron chi connectivity index (χ4n) is 1.71. The summed E-state index contributed by atoms with van der Waals surface area (Å²) in [5.74, 6) is 6.14. The summed E-state index contributed by atoms with van der Waals surface area (Å²) in [4.78, 5) is 13.9. The van der Waals surface area contributed by atoms with Crippen LogP contribution in [0.2, 0.25) is 0 Å². The SMILES string of the molecule is Cc1ccccc1Sc1nc(NN)nc(-n2cccn2)n1. The van der Waals surface area contributed by atoms with Crippen LogP contribution in [0.25, 0.3) is 5.95 Å². The molecule has 0 spiro atoms. The highest BCUT2D eigenvalue weighted by molar-refractivity contribution is 7.99. The Bertz CT molecular complexity index is 742. The van der Waals surface area contributed by atoms with E-state index in [0.717, 1.165) is 10.5 Å². The summed E-state index contributed by atoms with van der Waals surface area (Å²) in [6.07, 6.45) is 3.42. The highest BCUT2D eigenvalue weighted by atomic mass is 32.2. The van der Waals surface area contributed by atoms with Crippen LogP contribution in [-0.4, -0.2) is 24.7 Å². The van der Waals surface area contributed by atoms with Crippen LogP contribution in [0.15, 0.2) is 52.8 Å². The molecule has 3 N–H and O–H groups in total. The van der Waals surface area contributed by atoms with Crippen molar-refractivity contribution in [1.29, 1.82) is 0 Å². The van der Waals surface area contributed by atoms with Crippen molar-refractivity contribution >= 4 is 17.7 Å². The zero-order valence-corrected chi connectivity index (χ0v) is 12.1. The van der Waals surface area contributed by atoms with E-state index in [9.17, 15) is 0 Å². The molecule has 0 bridgehead atoms. The van der Waals surface area contributed by atoms with Gasteiger partial charge in [-0.3, -0.25) is 5.43 Å². The molecule has 0 fully saturated rings. The molecule has 2 aromatic heterocycles. The predicted molar refractivity (Wildman–Crippen MR) is 80.1 cm³/mol. The van der Waals surface area contributed by atoms with Crippen LogP contribution in [0.5, 0.6) is 0 Å². The monoisotopic (exact) mass is 299 g/mol. The zero-order chi connectivity index (χ0) is 14.7. The number of benzene rings is 1.